The molecule has 1 heterocycles. The first-order chi connectivity index (χ1) is 8.36. The van der Waals surface area contributed by atoms with E-state index in [0.29, 0.717) is 17.9 Å². The maximum atomic E-state index is 11.8. The maximum Gasteiger partial charge on any atom is 0.266 e. The van der Waals surface area contributed by atoms with Crippen LogP contribution in [0.3, 0.4) is 0 Å². The number of ether oxygens (including phenoxy) is 1. The van der Waals surface area contributed by atoms with Gasteiger partial charge in [0.25, 0.3) is 15.9 Å². The molecule has 0 radical (unpaired) electrons. The Balaban J connectivity index is 2.73. The van der Waals surface area contributed by atoms with Crippen molar-refractivity contribution >= 4 is 15.9 Å². The Morgan fingerprint density at radius 1 is 1.33 bits per heavy atom. The number of carbonyl (C=O) groups excluding carboxylic acids is 1. The van der Waals surface area contributed by atoms with Crippen molar-refractivity contribution in [3.05, 3.63) is 23.3 Å². The van der Waals surface area contributed by atoms with Crippen molar-refractivity contribution in [1.29, 1.82) is 0 Å². The van der Waals surface area contributed by atoms with E-state index < -0.39 is 15.9 Å². The molecule has 1 aromatic carbocycles. The second-order valence-corrected chi connectivity index (χ2v) is 6.06. The summed E-state index contributed by atoms with van der Waals surface area (Å²) in [5.74, 6) is -0.0463. The zero-order valence-corrected chi connectivity index (χ0v) is 11.3. The van der Waals surface area contributed by atoms with E-state index in [2.05, 4.69) is 0 Å². The van der Waals surface area contributed by atoms with E-state index in [1.807, 2.05) is 25.5 Å². The highest BCUT2D eigenvalue weighted by atomic mass is 32.2. The molecule has 0 saturated heterocycles. The van der Waals surface area contributed by atoms with Crippen LogP contribution in [0.25, 0.3) is 0 Å². The van der Waals surface area contributed by atoms with Gasteiger partial charge in [0, 0.05) is 6.07 Å². The predicted octanol–water partition coefficient (Wildman–Crippen LogP) is 1.64. The minimum Gasteiger partial charge on any atom is -0.494 e. The third-order valence-corrected chi connectivity index (χ3v) is 4.14. The fraction of sp³-hybridized carbons (Fsp3) is 0.417. The van der Waals surface area contributed by atoms with Crippen LogP contribution in [0.5, 0.6) is 5.75 Å². The van der Waals surface area contributed by atoms with E-state index in [1.165, 1.54) is 6.07 Å². The molecule has 0 saturated carbocycles. The van der Waals surface area contributed by atoms with Crippen molar-refractivity contribution in [2.45, 2.75) is 31.6 Å². The number of fused-ring (bicyclic) bond motifs is 1. The Hall–Kier alpha value is -1.56. The minimum absolute atomic E-state index is 0.0159. The lowest BCUT2D eigenvalue weighted by molar-refractivity contribution is 0.0984. The van der Waals surface area contributed by atoms with Crippen LogP contribution in [-0.2, 0) is 10.0 Å². The molecule has 98 valence electrons. The fourth-order valence-electron chi connectivity index (χ4n) is 2.00. The zero-order chi connectivity index (χ0) is 13.5. The van der Waals surface area contributed by atoms with Crippen LogP contribution in [0.15, 0.2) is 17.0 Å². The van der Waals surface area contributed by atoms with Crippen molar-refractivity contribution in [3.63, 3.8) is 0 Å². The van der Waals surface area contributed by atoms with E-state index in [9.17, 15) is 13.2 Å². The van der Waals surface area contributed by atoms with Gasteiger partial charge in [-0.1, -0.05) is 13.8 Å². The van der Waals surface area contributed by atoms with E-state index in [1.54, 1.807) is 6.07 Å². The summed E-state index contributed by atoms with van der Waals surface area (Å²) in [5, 5.41) is 0. The third-order valence-electron chi connectivity index (χ3n) is 2.78. The number of carbonyl (C=O) groups is 1. The molecule has 0 bridgehead atoms. The van der Waals surface area contributed by atoms with Crippen LogP contribution < -0.4 is 9.46 Å². The molecule has 18 heavy (non-hydrogen) atoms. The second kappa shape index (κ2) is 4.28. The number of rotatable bonds is 3. The molecular weight excluding hydrogens is 254 g/mol. The van der Waals surface area contributed by atoms with Crippen LogP contribution >= 0.6 is 0 Å². The molecule has 6 heteroatoms. The lowest BCUT2D eigenvalue weighted by atomic mass is 9.96. The normalized spacial score (nSPS) is 16.6. The second-order valence-electron chi connectivity index (χ2n) is 4.41. The van der Waals surface area contributed by atoms with Crippen molar-refractivity contribution in [2.24, 2.45) is 0 Å². The highest BCUT2D eigenvalue weighted by molar-refractivity contribution is 7.90. The van der Waals surface area contributed by atoms with Gasteiger partial charge in [0.1, 0.15) is 10.6 Å². The molecule has 0 aliphatic carbocycles. The summed E-state index contributed by atoms with van der Waals surface area (Å²) in [4.78, 5) is 11.8. The lowest BCUT2D eigenvalue weighted by Crippen LogP contribution is -2.21. The van der Waals surface area contributed by atoms with Crippen LogP contribution in [0, 0.1) is 0 Å². The standard InChI is InChI=1S/C12H15NO4S/c1-4-17-8-5-9(7(2)3)11-10(6-8)18(15,16)13-12(11)14/h5-7H,4H2,1-3H3,(H,13,14). The fourth-order valence-corrected chi connectivity index (χ4v) is 3.21. The summed E-state index contributed by atoms with van der Waals surface area (Å²) in [6.07, 6.45) is 0. The largest absolute Gasteiger partial charge is 0.494 e. The Morgan fingerprint density at radius 2 is 2.00 bits per heavy atom. The van der Waals surface area contributed by atoms with E-state index in [-0.39, 0.29) is 16.4 Å². The summed E-state index contributed by atoms with van der Waals surface area (Å²) >= 11 is 0. The molecule has 1 aliphatic rings. The van der Waals surface area contributed by atoms with Gasteiger partial charge in [-0.2, -0.15) is 0 Å². The van der Waals surface area contributed by atoms with Crippen molar-refractivity contribution in [3.8, 4) is 5.75 Å². The first-order valence-corrected chi connectivity index (χ1v) is 7.23. The summed E-state index contributed by atoms with van der Waals surface area (Å²) in [5.41, 5.74) is 0.933. The third kappa shape index (κ3) is 1.96. The summed E-state index contributed by atoms with van der Waals surface area (Å²) < 4.78 is 31.0. The van der Waals surface area contributed by atoms with Gasteiger partial charge in [0.15, 0.2) is 0 Å². The average Bonchev–Trinajstić information content (AvgIpc) is 2.49. The quantitative estimate of drug-likeness (QED) is 0.905. The smallest absolute Gasteiger partial charge is 0.266 e. The molecule has 0 aromatic heterocycles. The highest BCUT2D eigenvalue weighted by Crippen LogP contribution is 2.34. The van der Waals surface area contributed by atoms with Crippen molar-refractivity contribution in [2.75, 3.05) is 6.61 Å². The number of benzene rings is 1. The van der Waals surface area contributed by atoms with Crippen molar-refractivity contribution in [1.82, 2.24) is 4.72 Å². The lowest BCUT2D eigenvalue weighted by Gasteiger charge is -2.12. The summed E-state index contributed by atoms with van der Waals surface area (Å²) in [6, 6.07) is 3.13. The number of hydrogen-bond acceptors (Lipinski definition) is 4. The van der Waals surface area contributed by atoms with Gasteiger partial charge < -0.3 is 4.74 Å². The Bertz CT molecular complexity index is 605. The number of hydrogen-bond donors (Lipinski definition) is 1. The molecule has 0 fully saturated rings. The van der Waals surface area contributed by atoms with Crippen LogP contribution in [0.4, 0.5) is 0 Å². The van der Waals surface area contributed by atoms with Crippen LogP contribution in [0.1, 0.15) is 42.6 Å². The number of sulfonamides is 1. The Kier molecular flexibility index (Phi) is 3.06. The molecule has 1 aromatic rings. The molecule has 0 spiro atoms. The van der Waals surface area contributed by atoms with E-state index in [4.69, 9.17) is 4.74 Å². The van der Waals surface area contributed by atoms with Gasteiger partial charge in [-0.15, -0.1) is 0 Å². The topological polar surface area (TPSA) is 72.5 Å². The molecular formula is C12H15NO4S. The monoisotopic (exact) mass is 269 g/mol. The van der Waals surface area contributed by atoms with Gasteiger partial charge in [-0.05, 0) is 24.5 Å². The Labute approximate surface area is 106 Å². The molecule has 1 aliphatic heterocycles. The molecule has 0 unspecified atom stereocenters. The number of nitrogens with one attached hydrogen (secondary N) is 1. The molecule has 1 N–H and O–H groups in total. The first kappa shape index (κ1) is 12.9. The molecule has 1 amide bonds. The predicted molar refractivity (Wildman–Crippen MR) is 66.4 cm³/mol. The molecule has 0 atom stereocenters. The van der Waals surface area contributed by atoms with Gasteiger partial charge >= 0.3 is 0 Å². The molecule has 2 rings (SSSR count). The highest BCUT2D eigenvalue weighted by Gasteiger charge is 2.36. The summed E-state index contributed by atoms with van der Waals surface area (Å²) in [7, 11) is -3.73. The first-order valence-electron chi connectivity index (χ1n) is 5.74. The van der Waals surface area contributed by atoms with Crippen molar-refractivity contribution < 1.29 is 17.9 Å². The van der Waals surface area contributed by atoms with E-state index in [0.717, 1.165) is 0 Å². The summed E-state index contributed by atoms with van der Waals surface area (Å²) in [6.45, 7) is 6.07. The Morgan fingerprint density at radius 3 is 2.56 bits per heavy atom. The van der Waals surface area contributed by atoms with Crippen LogP contribution in [0.2, 0.25) is 0 Å². The van der Waals surface area contributed by atoms with Gasteiger partial charge in [0.05, 0.1) is 12.2 Å². The maximum absolute atomic E-state index is 11.8. The molecule has 5 nitrogen and oxygen atoms in total. The van der Waals surface area contributed by atoms with Gasteiger partial charge in [-0.3, -0.25) is 4.79 Å². The SMILES string of the molecule is CCOc1cc(C(C)C)c2c(c1)S(=O)(=O)NC2=O. The zero-order valence-electron chi connectivity index (χ0n) is 10.5. The van der Waals surface area contributed by atoms with Gasteiger partial charge in [-0.25, -0.2) is 13.1 Å². The van der Waals surface area contributed by atoms with Gasteiger partial charge in [0.2, 0.25) is 0 Å². The number of amides is 1. The average molecular weight is 269 g/mol. The minimum atomic E-state index is -3.73. The van der Waals surface area contributed by atoms with E-state index >= 15 is 0 Å². The van der Waals surface area contributed by atoms with Crippen LogP contribution in [-0.4, -0.2) is 20.9 Å².